The highest BCUT2D eigenvalue weighted by atomic mass is 19.1. The summed E-state index contributed by atoms with van der Waals surface area (Å²) in [5, 5.41) is 0. The molecule has 120 valence electrons. The van der Waals surface area contributed by atoms with Crippen molar-refractivity contribution in [3.63, 3.8) is 0 Å². The molecule has 1 aromatic carbocycles. The normalized spacial score (nSPS) is 16.1. The van der Waals surface area contributed by atoms with Crippen molar-refractivity contribution in [3.8, 4) is 0 Å². The van der Waals surface area contributed by atoms with Gasteiger partial charge in [-0.2, -0.15) is 0 Å². The van der Waals surface area contributed by atoms with Gasteiger partial charge in [-0.05, 0) is 18.2 Å². The minimum atomic E-state index is -0.681. The maximum atomic E-state index is 13.5. The monoisotopic (exact) mass is 310 g/mol. The largest absolute Gasteiger partial charge is 0.379 e. The smallest absolute Gasteiger partial charge is 0.246 e. The molecular weight excluding hydrogens is 290 g/mol. The Morgan fingerprint density at radius 1 is 1.32 bits per heavy atom. The Morgan fingerprint density at radius 3 is 2.59 bits per heavy atom. The minimum absolute atomic E-state index is 0.197. The van der Waals surface area contributed by atoms with Crippen LogP contribution in [-0.2, 0) is 9.53 Å². The average molecular weight is 310 g/mol. The van der Waals surface area contributed by atoms with Gasteiger partial charge in [0.15, 0.2) is 0 Å². The van der Waals surface area contributed by atoms with E-state index in [2.05, 4.69) is 4.90 Å². The Morgan fingerprint density at radius 2 is 1.95 bits per heavy atom. The first-order chi connectivity index (χ1) is 10.6. The molecule has 0 unspecified atom stereocenters. The van der Waals surface area contributed by atoms with Crippen molar-refractivity contribution in [1.82, 2.24) is 9.80 Å². The van der Waals surface area contributed by atoms with Gasteiger partial charge in [-0.15, -0.1) is 0 Å². The predicted octanol–water partition coefficient (Wildman–Crippen LogP) is 1.77. The van der Waals surface area contributed by atoms with Crippen LogP contribution >= 0.6 is 0 Å². The van der Waals surface area contributed by atoms with Crippen molar-refractivity contribution in [2.24, 2.45) is 0 Å². The predicted molar refractivity (Wildman–Crippen MR) is 80.3 cm³/mol. The lowest BCUT2D eigenvalue weighted by molar-refractivity contribution is -0.125. The molecule has 1 fully saturated rings. The summed E-state index contributed by atoms with van der Waals surface area (Å²) in [5.74, 6) is -1.64. The van der Waals surface area contributed by atoms with Crippen molar-refractivity contribution >= 4 is 12.0 Å². The third kappa shape index (κ3) is 4.61. The Hall–Kier alpha value is -1.79. The standard InChI is InChI=1S/C16H20F2N2O2/c1-19(7-8-20-9-11-22-12-10-20)16(21)6-5-13-14(17)3-2-4-15(13)18/h2-6H,7-12H2,1H3. The van der Waals surface area contributed by atoms with Gasteiger partial charge in [0.1, 0.15) is 11.6 Å². The van der Waals surface area contributed by atoms with Gasteiger partial charge in [-0.1, -0.05) is 6.07 Å². The zero-order valence-electron chi connectivity index (χ0n) is 12.6. The summed E-state index contributed by atoms with van der Waals surface area (Å²) in [4.78, 5) is 15.7. The maximum absolute atomic E-state index is 13.5. The lowest BCUT2D eigenvalue weighted by Gasteiger charge is -2.28. The fourth-order valence-electron chi connectivity index (χ4n) is 2.18. The first kappa shape index (κ1) is 16.6. The summed E-state index contributed by atoms with van der Waals surface area (Å²) >= 11 is 0. The maximum Gasteiger partial charge on any atom is 0.246 e. The highest BCUT2D eigenvalue weighted by molar-refractivity contribution is 5.91. The van der Waals surface area contributed by atoms with E-state index < -0.39 is 11.6 Å². The summed E-state index contributed by atoms with van der Waals surface area (Å²) in [6.45, 7) is 4.46. The van der Waals surface area contributed by atoms with Crippen molar-refractivity contribution in [2.45, 2.75) is 0 Å². The van der Waals surface area contributed by atoms with Gasteiger partial charge in [-0.3, -0.25) is 9.69 Å². The van der Waals surface area contributed by atoms with Crippen molar-refractivity contribution in [3.05, 3.63) is 41.5 Å². The van der Waals surface area contributed by atoms with Gasteiger partial charge in [0.25, 0.3) is 0 Å². The van der Waals surface area contributed by atoms with Crippen molar-refractivity contribution < 1.29 is 18.3 Å². The van der Waals surface area contributed by atoms with Crippen LogP contribution in [0, 0.1) is 11.6 Å². The van der Waals surface area contributed by atoms with Crippen LogP contribution in [0.2, 0.25) is 0 Å². The van der Waals surface area contributed by atoms with Crippen LogP contribution in [0.3, 0.4) is 0 Å². The van der Waals surface area contributed by atoms with Crippen LogP contribution in [0.25, 0.3) is 6.08 Å². The number of likely N-dealkylation sites (N-methyl/N-ethyl adjacent to an activating group) is 1. The average Bonchev–Trinajstić information content (AvgIpc) is 2.53. The lowest BCUT2D eigenvalue weighted by atomic mass is 10.2. The molecule has 1 heterocycles. The fourth-order valence-corrected chi connectivity index (χ4v) is 2.18. The third-order valence-electron chi connectivity index (χ3n) is 3.62. The number of carbonyl (C=O) groups excluding carboxylic acids is 1. The molecule has 0 atom stereocenters. The zero-order valence-corrected chi connectivity index (χ0v) is 12.6. The number of carbonyl (C=O) groups is 1. The molecule has 1 aliphatic heterocycles. The molecule has 1 saturated heterocycles. The number of benzene rings is 1. The van der Waals surface area contributed by atoms with Gasteiger partial charge in [0.05, 0.1) is 13.2 Å². The van der Waals surface area contributed by atoms with Crippen LogP contribution < -0.4 is 0 Å². The number of hydrogen-bond acceptors (Lipinski definition) is 3. The van der Waals surface area contributed by atoms with E-state index in [1.807, 2.05) is 0 Å². The van der Waals surface area contributed by atoms with E-state index in [-0.39, 0.29) is 11.5 Å². The first-order valence-electron chi connectivity index (χ1n) is 7.25. The molecule has 0 radical (unpaired) electrons. The summed E-state index contributed by atoms with van der Waals surface area (Å²) in [6, 6.07) is 3.61. The second-order valence-electron chi connectivity index (χ2n) is 5.18. The number of halogens is 2. The van der Waals surface area contributed by atoms with Gasteiger partial charge in [0, 0.05) is 44.9 Å². The van der Waals surface area contributed by atoms with E-state index >= 15 is 0 Å². The fraction of sp³-hybridized carbons (Fsp3) is 0.438. The topological polar surface area (TPSA) is 32.8 Å². The number of nitrogens with zero attached hydrogens (tertiary/aromatic N) is 2. The van der Waals surface area contributed by atoms with Crippen molar-refractivity contribution in [2.75, 3.05) is 46.4 Å². The molecule has 0 aromatic heterocycles. The van der Waals surface area contributed by atoms with Gasteiger partial charge >= 0.3 is 0 Å². The second-order valence-corrected chi connectivity index (χ2v) is 5.18. The SMILES string of the molecule is CN(CCN1CCOCC1)C(=O)C=Cc1c(F)cccc1F. The number of ether oxygens (including phenoxy) is 1. The van der Waals surface area contributed by atoms with Gasteiger partial charge in [0.2, 0.25) is 5.91 Å². The van der Waals surface area contributed by atoms with Gasteiger partial charge < -0.3 is 9.64 Å². The number of amides is 1. The van der Waals surface area contributed by atoms with Crippen LogP contribution in [0.15, 0.2) is 24.3 Å². The van der Waals surface area contributed by atoms with Crippen LogP contribution in [-0.4, -0.2) is 62.1 Å². The van der Waals surface area contributed by atoms with E-state index in [1.165, 1.54) is 23.1 Å². The van der Waals surface area contributed by atoms with Gasteiger partial charge in [-0.25, -0.2) is 8.78 Å². The molecule has 0 bridgehead atoms. The molecule has 4 nitrogen and oxygen atoms in total. The Balaban J connectivity index is 1.86. The molecule has 6 heteroatoms. The Kier molecular flexibility index (Phi) is 6.03. The van der Waals surface area contributed by atoms with E-state index in [0.29, 0.717) is 19.8 Å². The van der Waals surface area contributed by atoms with Crippen LogP contribution in [0.1, 0.15) is 5.56 Å². The lowest BCUT2D eigenvalue weighted by Crippen LogP contribution is -2.41. The van der Waals surface area contributed by atoms with E-state index in [0.717, 1.165) is 31.8 Å². The molecule has 1 amide bonds. The first-order valence-corrected chi connectivity index (χ1v) is 7.25. The highest BCUT2D eigenvalue weighted by Gasteiger charge is 2.12. The van der Waals surface area contributed by atoms with E-state index in [1.54, 1.807) is 7.05 Å². The van der Waals surface area contributed by atoms with Crippen molar-refractivity contribution in [1.29, 1.82) is 0 Å². The molecule has 0 spiro atoms. The number of rotatable bonds is 5. The third-order valence-corrected chi connectivity index (χ3v) is 3.62. The van der Waals surface area contributed by atoms with Crippen LogP contribution in [0.5, 0.6) is 0 Å². The van der Waals surface area contributed by atoms with E-state index in [9.17, 15) is 13.6 Å². The molecule has 1 aromatic rings. The summed E-state index contributed by atoms with van der Waals surface area (Å²) < 4.78 is 32.2. The highest BCUT2D eigenvalue weighted by Crippen LogP contribution is 2.13. The number of morpholine rings is 1. The second kappa shape index (κ2) is 8.00. The molecular formula is C16H20F2N2O2. The minimum Gasteiger partial charge on any atom is -0.379 e. The van der Waals surface area contributed by atoms with Crippen LogP contribution in [0.4, 0.5) is 8.78 Å². The molecule has 1 aliphatic rings. The summed E-state index contributed by atoms with van der Waals surface area (Å²) in [7, 11) is 1.67. The molecule has 0 N–H and O–H groups in total. The van der Waals surface area contributed by atoms with E-state index in [4.69, 9.17) is 4.74 Å². The quantitative estimate of drug-likeness (QED) is 0.777. The number of hydrogen-bond donors (Lipinski definition) is 0. The zero-order chi connectivity index (χ0) is 15.9. The molecule has 2 rings (SSSR count). The Bertz CT molecular complexity index is 523. The molecule has 22 heavy (non-hydrogen) atoms. The molecule has 0 saturated carbocycles. The Labute approximate surface area is 129 Å². The summed E-state index contributed by atoms with van der Waals surface area (Å²) in [5.41, 5.74) is -0.197. The summed E-state index contributed by atoms with van der Waals surface area (Å²) in [6.07, 6.45) is 2.37. The molecule has 0 aliphatic carbocycles.